The molecule has 0 aromatic heterocycles. The van der Waals surface area contributed by atoms with Gasteiger partial charge in [0.2, 0.25) is 0 Å². The highest BCUT2D eigenvalue weighted by Gasteiger charge is 2.09. The van der Waals surface area contributed by atoms with Gasteiger partial charge in [-0.1, -0.05) is 137 Å². The van der Waals surface area contributed by atoms with Crippen molar-refractivity contribution < 1.29 is 0 Å². The molecule has 0 saturated carbocycles. The summed E-state index contributed by atoms with van der Waals surface area (Å²) in [6.07, 6.45) is 27.5. The van der Waals surface area contributed by atoms with Gasteiger partial charge in [0.1, 0.15) is 0 Å². The van der Waals surface area contributed by atoms with Crippen molar-refractivity contribution in [2.24, 2.45) is 17.8 Å². The molecule has 0 nitrogen and oxygen atoms in total. The summed E-state index contributed by atoms with van der Waals surface area (Å²) in [5.74, 6) is 9.79. The molecule has 178 valence electrons. The van der Waals surface area contributed by atoms with Crippen LogP contribution in [0.25, 0.3) is 0 Å². The van der Waals surface area contributed by atoms with Crippen molar-refractivity contribution >= 4 is 0 Å². The lowest BCUT2D eigenvalue weighted by molar-refractivity contribution is 0.373. The van der Waals surface area contributed by atoms with E-state index in [0.29, 0.717) is 0 Å². The molecule has 0 rings (SSSR count). The molecule has 0 aromatic carbocycles. The average Bonchev–Trinajstić information content (AvgIpc) is 2.77. The monoisotopic (exact) mass is 418 g/mol. The maximum absolute atomic E-state index is 3.52. The fraction of sp³-hybridized carbons (Fsp3) is 0.933. The Morgan fingerprint density at radius 1 is 0.433 bits per heavy atom. The van der Waals surface area contributed by atoms with Crippen LogP contribution in [0.15, 0.2) is 0 Å². The maximum atomic E-state index is 3.52. The van der Waals surface area contributed by atoms with E-state index in [4.69, 9.17) is 0 Å². The molecule has 0 radical (unpaired) electrons. The molecular formula is C30H58. The Hall–Kier alpha value is -0.440. The Labute approximate surface area is 192 Å². The molecule has 0 N–H and O–H groups in total. The highest BCUT2D eigenvalue weighted by molar-refractivity contribution is 4.99. The second-order valence-corrected chi connectivity index (χ2v) is 9.90. The number of hydrogen-bond donors (Lipinski definition) is 0. The van der Waals surface area contributed by atoms with E-state index in [1.807, 2.05) is 0 Å². The first kappa shape index (κ1) is 29.6. The largest absolute Gasteiger partial charge is 0.103 e. The summed E-state index contributed by atoms with van der Waals surface area (Å²) >= 11 is 0. The predicted molar refractivity (Wildman–Crippen MR) is 139 cm³/mol. The average molecular weight is 419 g/mol. The van der Waals surface area contributed by atoms with Crippen molar-refractivity contribution in [1.29, 1.82) is 0 Å². The standard InChI is InChI=1S/C30H58/c1-6-11-13-18-23-29(9-4)24-19-16-14-15-17-20-25-30(10-5)27-21-26-28(8-3)22-12-7-2/h28-30H,6-16,18-19,21-27H2,1-5H3. The summed E-state index contributed by atoms with van der Waals surface area (Å²) < 4.78 is 0. The highest BCUT2D eigenvalue weighted by Crippen LogP contribution is 2.23. The molecule has 0 aromatic rings. The maximum Gasteiger partial charge on any atom is 0.0117 e. The van der Waals surface area contributed by atoms with Crippen molar-refractivity contribution in [3.63, 3.8) is 0 Å². The number of unbranched alkanes of at least 4 members (excludes halogenated alkanes) is 7. The molecular weight excluding hydrogens is 360 g/mol. The second kappa shape index (κ2) is 23.2. The van der Waals surface area contributed by atoms with Gasteiger partial charge in [0.05, 0.1) is 0 Å². The molecule has 0 bridgehead atoms. The van der Waals surface area contributed by atoms with E-state index in [1.165, 1.54) is 116 Å². The van der Waals surface area contributed by atoms with Gasteiger partial charge in [-0.3, -0.25) is 0 Å². The molecule has 0 saturated heterocycles. The summed E-state index contributed by atoms with van der Waals surface area (Å²) in [6, 6.07) is 0. The third-order valence-electron chi connectivity index (χ3n) is 7.32. The van der Waals surface area contributed by atoms with Crippen molar-refractivity contribution in [2.45, 2.75) is 163 Å². The number of rotatable bonds is 21. The molecule has 0 heteroatoms. The molecule has 3 unspecified atom stereocenters. The van der Waals surface area contributed by atoms with E-state index in [-0.39, 0.29) is 0 Å². The quantitative estimate of drug-likeness (QED) is 0.128. The highest BCUT2D eigenvalue weighted by atomic mass is 14.1. The first-order chi connectivity index (χ1) is 14.7. The molecule has 30 heavy (non-hydrogen) atoms. The molecule has 0 fully saturated rings. The van der Waals surface area contributed by atoms with Gasteiger partial charge < -0.3 is 0 Å². The Morgan fingerprint density at radius 3 is 1.50 bits per heavy atom. The minimum atomic E-state index is 0.833. The fourth-order valence-corrected chi connectivity index (χ4v) is 4.73. The zero-order valence-electron chi connectivity index (χ0n) is 21.9. The van der Waals surface area contributed by atoms with E-state index < -0.39 is 0 Å². The Morgan fingerprint density at radius 2 is 0.933 bits per heavy atom. The smallest absolute Gasteiger partial charge is 0.0117 e. The predicted octanol–water partition coefficient (Wildman–Crippen LogP) is 10.7. The van der Waals surface area contributed by atoms with E-state index >= 15 is 0 Å². The van der Waals surface area contributed by atoms with E-state index in [2.05, 4.69) is 46.5 Å². The van der Waals surface area contributed by atoms with Crippen molar-refractivity contribution in [1.82, 2.24) is 0 Å². The Kier molecular flexibility index (Phi) is 22.9. The first-order valence-corrected chi connectivity index (χ1v) is 14.2. The van der Waals surface area contributed by atoms with Gasteiger partial charge in [-0.15, -0.1) is 11.8 Å². The summed E-state index contributed by atoms with van der Waals surface area (Å²) in [7, 11) is 0. The van der Waals surface area contributed by atoms with E-state index in [1.54, 1.807) is 0 Å². The van der Waals surface area contributed by atoms with Crippen molar-refractivity contribution in [3.05, 3.63) is 0 Å². The number of hydrogen-bond acceptors (Lipinski definition) is 0. The zero-order valence-corrected chi connectivity index (χ0v) is 21.9. The third-order valence-corrected chi connectivity index (χ3v) is 7.32. The van der Waals surface area contributed by atoms with Crippen LogP contribution in [0.3, 0.4) is 0 Å². The van der Waals surface area contributed by atoms with Crippen LogP contribution in [-0.4, -0.2) is 0 Å². The molecule has 0 aliphatic rings. The minimum Gasteiger partial charge on any atom is -0.103 e. The van der Waals surface area contributed by atoms with Crippen molar-refractivity contribution in [2.75, 3.05) is 0 Å². The van der Waals surface area contributed by atoms with Gasteiger partial charge in [-0.05, 0) is 30.6 Å². The molecule has 0 amide bonds. The molecule has 3 atom stereocenters. The summed E-state index contributed by atoms with van der Waals surface area (Å²) in [5, 5.41) is 0. The van der Waals surface area contributed by atoms with Crippen LogP contribution >= 0.6 is 0 Å². The van der Waals surface area contributed by atoms with Crippen LogP contribution in [0.1, 0.15) is 163 Å². The van der Waals surface area contributed by atoms with Gasteiger partial charge in [0.15, 0.2) is 0 Å². The van der Waals surface area contributed by atoms with Crippen LogP contribution < -0.4 is 0 Å². The van der Waals surface area contributed by atoms with Crippen LogP contribution in [0.5, 0.6) is 0 Å². The summed E-state index contributed by atoms with van der Waals surface area (Å²) in [6.45, 7) is 11.7. The molecule has 0 spiro atoms. The van der Waals surface area contributed by atoms with Gasteiger partial charge in [0.25, 0.3) is 0 Å². The lowest BCUT2D eigenvalue weighted by atomic mass is 9.89. The lowest BCUT2D eigenvalue weighted by Crippen LogP contribution is -2.02. The first-order valence-electron chi connectivity index (χ1n) is 14.2. The Bertz CT molecular complexity index is 385. The molecule has 0 heterocycles. The SMILES string of the molecule is CCCCCCC(CC)CCCCCC#CCC(CC)CCCC(CC)CCCC. The molecule has 0 aliphatic carbocycles. The second-order valence-electron chi connectivity index (χ2n) is 9.90. The third kappa shape index (κ3) is 18.3. The molecule has 0 aliphatic heterocycles. The van der Waals surface area contributed by atoms with Gasteiger partial charge in [0, 0.05) is 12.8 Å². The van der Waals surface area contributed by atoms with Crippen LogP contribution in [0.4, 0.5) is 0 Å². The van der Waals surface area contributed by atoms with E-state index in [0.717, 1.165) is 30.6 Å². The normalized spacial score (nSPS) is 14.2. The van der Waals surface area contributed by atoms with Crippen LogP contribution in [0, 0.1) is 29.6 Å². The lowest BCUT2D eigenvalue weighted by Gasteiger charge is -2.16. The van der Waals surface area contributed by atoms with E-state index in [9.17, 15) is 0 Å². The summed E-state index contributed by atoms with van der Waals surface area (Å²) in [5.41, 5.74) is 0. The van der Waals surface area contributed by atoms with Gasteiger partial charge in [-0.2, -0.15) is 0 Å². The fourth-order valence-electron chi connectivity index (χ4n) is 4.73. The van der Waals surface area contributed by atoms with Gasteiger partial charge >= 0.3 is 0 Å². The zero-order chi connectivity index (χ0) is 22.3. The topological polar surface area (TPSA) is 0 Å². The van der Waals surface area contributed by atoms with Gasteiger partial charge in [-0.25, -0.2) is 0 Å². The van der Waals surface area contributed by atoms with Crippen molar-refractivity contribution in [3.8, 4) is 11.8 Å². The van der Waals surface area contributed by atoms with Crippen LogP contribution in [0.2, 0.25) is 0 Å². The Balaban J connectivity index is 3.78. The minimum absolute atomic E-state index is 0.833. The summed E-state index contributed by atoms with van der Waals surface area (Å²) in [4.78, 5) is 0. The van der Waals surface area contributed by atoms with Crippen LogP contribution in [-0.2, 0) is 0 Å².